The Bertz CT molecular complexity index is 529. The molecule has 1 aromatic carbocycles. The van der Waals surface area contributed by atoms with Crippen LogP contribution in [0.3, 0.4) is 0 Å². The number of nitrogens with one attached hydrogen (secondary N) is 1. The Morgan fingerprint density at radius 1 is 1.32 bits per heavy atom. The summed E-state index contributed by atoms with van der Waals surface area (Å²) in [5, 5.41) is 11.5. The van der Waals surface area contributed by atoms with Gasteiger partial charge in [0.2, 0.25) is 5.91 Å². The number of carboxylic acids is 1. The number of benzene rings is 1. The van der Waals surface area contributed by atoms with E-state index in [1.54, 1.807) is 24.3 Å². The van der Waals surface area contributed by atoms with Crippen molar-refractivity contribution in [2.45, 2.75) is 6.04 Å². The maximum absolute atomic E-state index is 12.3. The molecule has 1 aromatic rings. The van der Waals surface area contributed by atoms with E-state index >= 15 is 0 Å². The normalized spacial score (nSPS) is 18.9. The van der Waals surface area contributed by atoms with Gasteiger partial charge in [0.25, 0.3) is 5.91 Å². The topological polar surface area (TPSA) is 86.7 Å². The predicted molar refractivity (Wildman–Crippen MR) is 74.6 cm³/mol. The number of carbonyl (C=O) groups excluding carboxylic acids is 2. The van der Waals surface area contributed by atoms with Gasteiger partial charge >= 0.3 is 5.97 Å². The van der Waals surface area contributed by atoms with Crippen LogP contribution in [0, 0.1) is 3.57 Å². The van der Waals surface area contributed by atoms with Gasteiger partial charge in [-0.2, -0.15) is 0 Å². The van der Waals surface area contributed by atoms with E-state index in [1.165, 1.54) is 0 Å². The van der Waals surface area contributed by atoms with Gasteiger partial charge in [-0.3, -0.25) is 9.59 Å². The van der Waals surface area contributed by atoms with Crippen LogP contribution in [0.15, 0.2) is 24.3 Å². The van der Waals surface area contributed by atoms with Crippen LogP contribution in [0.25, 0.3) is 0 Å². The zero-order valence-electron chi connectivity index (χ0n) is 9.80. The molecule has 19 heavy (non-hydrogen) atoms. The number of nitrogens with zero attached hydrogens (tertiary/aromatic N) is 1. The fourth-order valence-corrected chi connectivity index (χ4v) is 2.19. The molecule has 1 saturated heterocycles. The lowest BCUT2D eigenvalue weighted by atomic mass is 10.1. The van der Waals surface area contributed by atoms with E-state index in [1.807, 2.05) is 0 Å². The first-order chi connectivity index (χ1) is 8.99. The highest BCUT2D eigenvalue weighted by Crippen LogP contribution is 2.13. The van der Waals surface area contributed by atoms with E-state index in [0.29, 0.717) is 5.56 Å². The number of hydrogen-bond donors (Lipinski definition) is 2. The minimum Gasteiger partial charge on any atom is -0.480 e. The molecule has 0 aromatic heterocycles. The molecule has 2 amide bonds. The van der Waals surface area contributed by atoms with Crippen molar-refractivity contribution in [1.29, 1.82) is 0 Å². The van der Waals surface area contributed by atoms with Crippen molar-refractivity contribution in [1.82, 2.24) is 10.2 Å². The van der Waals surface area contributed by atoms with Crippen LogP contribution in [-0.2, 0) is 9.59 Å². The Morgan fingerprint density at radius 2 is 1.95 bits per heavy atom. The molecule has 1 fully saturated rings. The third-order valence-electron chi connectivity index (χ3n) is 2.82. The SMILES string of the molecule is O=C1CN(C(=O)c2ccc(I)cc2)C(C(=O)O)CN1. The molecule has 0 aliphatic carbocycles. The van der Waals surface area contributed by atoms with E-state index in [2.05, 4.69) is 27.9 Å². The first kappa shape index (κ1) is 13.8. The third kappa shape index (κ3) is 3.03. The second-order valence-electron chi connectivity index (χ2n) is 4.10. The summed E-state index contributed by atoms with van der Waals surface area (Å²) in [6.07, 6.45) is 0. The Balaban J connectivity index is 2.26. The molecule has 1 aliphatic heterocycles. The molecule has 0 bridgehead atoms. The van der Waals surface area contributed by atoms with Gasteiger partial charge in [0.05, 0.1) is 0 Å². The fraction of sp³-hybridized carbons (Fsp3) is 0.250. The van der Waals surface area contributed by atoms with Crippen LogP contribution >= 0.6 is 22.6 Å². The summed E-state index contributed by atoms with van der Waals surface area (Å²) in [6, 6.07) is 5.73. The Labute approximate surface area is 122 Å². The number of amides is 2. The maximum Gasteiger partial charge on any atom is 0.328 e. The van der Waals surface area contributed by atoms with Crippen LogP contribution < -0.4 is 5.32 Å². The van der Waals surface area contributed by atoms with Crippen LogP contribution in [0.4, 0.5) is 0 Å². The molecule has 0 spiro atoms. The summed E-state index contributed by atoms with van der Waals surface area (Å²) in [5.74, 6) is -1.92. The van der Waals surface area contributed by atoms with Crippen molar-refractivity contribution >= 4 is 40.4 Å². The highest BCUT2D eigenvalue weighted by atomic mass is 127. The minimum absolute atomic E-state index is 0.0652. The van der Waals surface area contributed by atoms with Crippen molar-refractivity contribution in [3.8, 4) is 0 Å². The lowest BCUT2D eigenvalue weighted by Gasteiger charge is -2.32. The average molecular weight is 374 g/mol. The number of halogens is 1. The Morgan fingerprint density at radius 3 is 2.53 bits per heavy atom. The van der Waals surface area contributed by atoms with Gasteiger partial charge in [0, 0.05) is 15.7 Å². The number of aliphatic carboxylic acids is 1. The van der Waals surface area contributed by atoms with Gasteiger partial charge < -0.3 is 15.3 Å². The number of rotatable bonds is 2. The summed E-state index contributed by atoms with van der Waals surface area (Å²) >= 11 is 2.11. The van der Waals surface area contributed by atoms with Crippen molar-refractivity contribution in [3.05, 3.63) is 33.4 Å². The minimum atomic E-state index is -1.13. The largest absolute Gasteiger partial charge is 0.480 e. The summed E-state index contributed by atoms with van der Waals surface area (Å²) in [4.78, 5) is 35.8. The first-order valence-electron chi connectivity index (χ1n) is 5.55. The van der Waals surface area contributed by atoms with Crippen molar-refractivity contribution in [2.75, 3.05) is 13.1 Å². The quantitative estimate of drug-likeness (QED) is 0.730. The molecule has 0 radical (unpaired) electrons. The maximum atomic E-state index is 12.3. The zero-order chi connectivity index (χ0) is 14.0. The third-order valence-corrected chi connectivity index (χ3v) is 3.54. The lowest BCUT2D eigenvalue weighted by molar-refractivity contribution is -0.144. The molecule has 1 aliphatic rings. The van der Waals surface area contributed by atoms with Gasteiger partial charge in [-0.05, 0) is 46.9 Å². The Kier molecular flexibility index (Phi) is 4.03. The number of carboxylic acid groups (broad SMARTS) is 1. The molecule has 100 valence electrons. The molecule has 1 unspecified atom stereocenters. The van der Waals surface area contributed by atoms with E-state index in [-0.39, 0.29) is 19.0 Å². The highest BCUT2D eigenvalue weighted by molar-refractivity contribution is 14.1. The fourth-order valence-electron chi connectivity index (χ4n) is 1.83. The molecule has 2 N–H and O–H groups in total. The molecule has 0 saturated carbocycles. The second kappa shape index (κ2) is 5.55. The second-order valence-corrected chi connectivity index (χ2v) is 5.34. The summed E-state index contributed by atoms with van der Waals surface area (Å²) in [5.41, 5.74) is 0.376. The summed E-state index contributed by atoms with van der Waals surface area (Å²) < 4.78 is 0.973. The molecule has 7 heteroatoms. The molecular formula is C12H11IN2O4. The van der Waals surface area contributed by atoms with E-state index in [4.69, 9.17) is 5.11 Å². The van der Waals surface area contributed by atoms with Crippen LogP contribution in [0.1, 0.15) is 10.4 Å². The van der Waals surface area contributed by atoms with Crippen LogP contribution in [-0.4, -0.2) is 46.9 Å². The number of carbonyl (C=O) groups is 3. The van der Waals surface area contributed by atoms with Crippen LogP contribution in [0.5, 0.6) is 0 Å². The summed E-state index contributed by atoms with van der Waals surface area (Å²) in [7, 11) is 0. The molecule has 1 atom stereocenters. The van der Waals surface area contributed by atoms with E-state index in [9.17, 15) is 14.4 Å². The van der Waals surface area contributed by atoms with Gasteiger partial charge in [-0.15, -0.1) is 0 Å². The lowest BCUT2D eigenvalue weighted by Crippen LogP contribution is -2.59. The van der Waals surface area contributed by atoms with Crippen LogP contribution in [0.2, 0.25) is 0 Å². The first-order valence-corrected chi connectivity index (χ1v) is 6.63. The van der Waals surface area contributed by atoms with Gasteiger partial charge in [0.1, 0.15) is 12.6 Å². The smallest absolute Gasteiger partial charge is 0.328 e. The standard InChI is InChI=1S/C12H11IN2O4/c13-8-3-1-7(2-4-8)11(17)15-6-10(16)14-5-9(15)12(18)19/h1-4,9H,5-6H2,(H,14,16)(H,18,19). The number of piperazine rings is 1. The van der Waals surface area contributed by atoms with Crippen molar-refractivity contribution < 1.29 is 19.5 Å². The highest BCUT2D eigenvalue weighted by Gasteiger charge is 2.35. The molecule has 1 heterocycles. The molecular weight excluding hydrogens is 363 g/mol. The van der Waals surface area contributed by atoms with E-state index in [0.717, 1.165) is 8.47 Å². The monoisotopic (exact) mass is 374 g/mol. The Hall–Kier alpha value is -1.64. The molecule has 2 rings (SSSR count). The zero-order valence-corrected chi connectivity index (χ0v) is 12.0. The van der Waals surface area contributed by atoms with Crippen molar-refractivity contribution in [2.24, 2.45) is 0 Å². The van der Waals surface area contributed by atoms with E-state index < -0.39 is 17.9 Å². The van der Waals surface area contributed by atoms with Gasteiger partial charge in [0.15, 0.2) is 0 Å². The molecule has 6 nitrogen and oxygen atoms in total. The summed E-state index contributed by atoms with van der Waals surface area (Å²) in [6.45, 7) is -0.300. The van der Waals surface area contributed by atoms with Gasteiger partial charge in [-0.25, -0.2) is 4.79 Å². The predicted octanol–water partition coefficient (Wildman–Crippen LogP) is 0.316. The van der Waals surface area contributed by atoms with Crippen molar-refractivity contribution in [3.63, 3.8) is 0 Å². The van der Waals surface area contributed by atoms with Gasteiger partial charge in [-0.1, -0.05) is 0 Å². The number of hydrogen-bond acceptors (Lipinski definition) is 3. The average Bonchev–Trinajstić information content (AvgIpc) is 2.38.